The molecule has 0 bridgehead atoms. The van der Waals surface area contributed by atoms with Crippen LogP contribution in [0.2, 0.25) is 0 Å². The number of halogens is 2. The Morgan fingerprint density at radius 1 is 1.20 bits per heavy atom. The van der Waals surface area contributed by atoms with E-state index in [2.05, 4.69) is 15.2 Å². The second-order valence-corrected chi connectivity index (χ2v) is 8.13. The van der Waals surface area contributed by atoms with Gasteiger partial charge in [-0.3, -0.25) is 14.7 Å². The molecule has 1 N–H and O–H groups in total. The van der Waals surface area contributed by atoms with Crippen LogP contribution in [0.3, 0.4) is 0 Å². The number of benzene rings is 1. The van der Waals surface area contributed by atoms with Crippen LogP contribution in [0.5, 0.6) is 0 Å². The first-order chi connectivity index (χ1) is 14.6. The van der Waals surface area contributed by atoms with Gasteiger partial charge in [-0.1, -0.05) is 12.1 Å². The van der Waals surface area contributed by atoms with Gasteiger partial charge in [-0.25, -0.2) is 8.78 Å². The molecule has 2 saturated heterocycles. The zero-order valence-electron chi connectivity index (χ0n) is 16.9. The van der Waals surface area contributed by atoms with Gasteiger partial charge in [-0.2, -0.15) is 0 Å². The summed E-state index contributed by atoms with van der Waals surface area (Å²) in [6.45, 7) is 2.79. The van der Waals surface area contributed by atoms with Gasteiger partial charge in [0.05, 0.1) is 11.7 Å². The summed E-state index contributed by atoms with van der Waals surface area (Å²) >= 11 is 0. The number of carbonyl (C=O) groups excluding carboxylic acids is 1. The fourth-order valence-electron chi connectivity index (χ4n) is 4.43. The minimum absolute atomic E-state index is 0.0825. The van der Waals surface area contributed by atoms with E-state index in [-0.39, 0.29) is 17.9 Å². The van der Waals surface area contributed by atoms with Crippen molar-refractivity contribution in [3.05, 3.63) is 65.5 Å². The van der Waals surface area contributed by atoms with E-state index in [4.69, 9.17) is 4.74 Å². The van der Waals surface area contributed by atoms with E-state index in [0.717, 1.165) is 50.0 Å². The Hall–Kier alpha value is -2.38. The zero-order valence-corrected chi connectivity index (χ0v) is 16.9. The van der Waals surface area contributed by atoms with Crippen LogP contribution in [-0.2, 0) is 16.1 Å². The summed E-state index contributed by atoms with van der Waals surface area (Å²) in [6.07, 6.45) is 4.92. The maximum absolute atomic E-state index is 13.6. The number of amides is 1. The standard InChI is InChI=1S/C23H27F2N3O2/c24-18-9-8-16(13-19(18)25)14-28-11-3-5-17(15-28)22(20-6-1-2-10-26-20)27-23(29)21-7-4-12-30-21/h1-2,6,8-10,13,17,21-22H,3-5,7,11-12,14-15H2,(H,27,29)/t17-,21+,22+/m1/s1. The highest BCUT2D eigenvalue weighted by atomic mass is 19.2. The average Bonchev–Trinajstić information content (AvgIpc) is 3.30. The first-order valence-corrected chi connectivity index (χ1v) is 10.6. The van der Waals surface area contributed by atoms with Crippen molar-refractivity contribution in [1.82, 2.24) is 15.2 Å². The summed E-state index contributed by atoms with van der Waals surface area (Å²) in [5.41, 5.74) is 1.58. The summed E-state index contributed by atoms with van der Waals surface area (Å²) < 4.78 is 32.4. The predicted octanol–water partition coefficient (Wildman–Crippen LogP) is 3.61. The molecule has 0 unspecified atom stereocenters. The third-order valence-electron chi connectivity index (χ3n) is 5.93. The lowest BCUT2D eigenvalue weighted by atomic mass is 9.88. The molecule has 2 aromatic rings. The minimum Gasteiger partial charge on any atom is -0.368 e. The Bertz CT molecular complexity index is 859. The summed E-state index contributed by atoms with van der Waals surface area (Å²) in [5, 5.41) is 3.18. The Kier molecular flexibility index (Phi) is 6.69. The molecular weight excluding hydrogens is 388 g/mol. The Labute approximate surface area is 175 Å². The molecule has 3 heterocycles. The fourth-order valence-corrected chi connectivity index (χ4v) is 4.43. The number of carbonyl (C=O) groups is 1. The number of piperidine rings is 1. The third-order valence-corrected chi connectivity index (χ3v) is 5.93. The number of nitrogens with one attached hydrogen (secondary N) is 1. The molecular formula is C23H27F2N3O2. The number of likely N-dealkylation sites (tertiary alicyclic amines) is 1. The van der Waals surface area contributed by atoms with Crippen molar-refractivity contribution in [3.8, 4) is 0 Å². The molecule has 1 amide bonds. The van der Waals surface area contributed by atoms with E-state index in [0.29, 0.717) is 13.2 Å². The normalized spacial score (nSPS) is 23.3. The molecule has 30 heavy (non-hydrogen) atoms. The van der Waals surface area contributed by atoms with E-state index >= 15 is 0 Å². The number of ether oxygens (including phenoxy) is 1. The summed E-state index contributed by atoms with van der Waals surface area (Å²) in [6, 6.07) is 9.56. The van der Waals surface area contributed by atoms with E-state index < -0.39 is 17.7 Å². The van der Waals surface area contributed by atoms with Crippen molar-refractivity contribution in [3.63, 3.8) is 0 Å². The first-order valence-electron chi connectivity index (χ1n) is 10.6. The van der Waals surface area contributed by atoms with Crippen LogP contribution in [0, 0.1) is 17.6 Å². The van der Waals surface area contributed by atoms with Gasteiger partial charge in [-0.15, -0.1) is 0 Å². The molecule has 1 aromatic carbocycles. The number of aromatic nitrogens is 1. The van der Waals surface area contributed by atoms with Crippen LogP contribution in [0.15, 0.2) is 42.6 Å². The largest absolute Gasteiger partial charge is 0.368 e. The summed E-state index contributed by atoms with van der Waals surface area (Å²) in [7, 11) is 0. The zero-order chi connectivity index (χ0) is 20.9. The van der Waals surface area contributed by atoms with E-state index in [1.807, 2.05) is 18.2 Å². The number of hydrogen-bond donors (Lipinski definition) is 1. The number of nitrogens with zero attached hydrogens (tertiary/aromatic N) is 2. The molecule has 2 aliphatic heterocycles. The van der Waals surface area contributed by atoms with Gasteiger partial charge in [0.2, 0.25) is 5.91 Å². The molecule has 2 fully saturated rings. The van der Waals surface area contributed by atoms with Crippen LogP contribution in [0.25, 0.3) is 0 Å². The van der Waals surface area contributed by atoms with Gasteiger partial charge in [0.15, 0.2) is 11.6 Å². The molecule has 4 rings (SSSR count). The predicted molar refractivity (Wildman–Crippen MR) is 108 cm³/mol. The van der Waals surface area contributed by atoms with E-state index in [1.54, 1.807) is 12.3 Å². The van der Waals surface area contributed by atoms with Crippen molar-refractivity contribution in [2.45, 2.75) is 44.4 Å². The van der Waals surface area contributed by atoms with Crippen LogP contribution < -0.4 is 5.32 Å². The van der Waals surface area contributed by atoms with Gasteiger partial charge < -0.3 is 10.1 Å². The lowest BCUT2D eigenvalue weighted by molar-refractivity contribution is -0.131. The Balaban J connectivity index is 1.48. The highest BCUT2D eigenvalue weighted by molar-refractivity contribution is 5.81. The van der Waals surface area contributed by atoms with Crippen molar-refractivity contribution < 1.29 is 18.3 Å². The maximum atomic E-state index is 13.6. The molecule has 3 atom stereocenters. The van der Waals surface area contributed by atoms with E-state index in [9.17, 15) is 13.6 Å². The van der Waals surface area contributed by atoms with Crippen LogP contribution in [-0.4, -0.2) is 41.6 Å². The minimum atomic E-state index is -0.831. The quantitative estimate of drug-likeness (QED) is 0.783. The van der Waals surface area contributed by atoms with Gasteiger partial charge in [-0.05, 0) is 68.0 Å². The van der Waals surface area contributed by atoms with Gasteiger partial charge >= 0.3 is 0 Å². The van der Waals surface area contributed by atoms with Crippen molar-refractivity contribution in [2.75, 3.05) is 19.7 Å². The number of rotatable bonds is 6. The maximum Gasteiger partial charge on any atom is 0.249 e. The monoisotopic (exact) mass is 415 g/mol. The van der Waals surface area contributed by atoms with E-state index in [1.165, 1.54) is 12.1 Å². The molecule has 1 aromatic heterocycles. The summed E-state index contributed by atoms with van der Waals surface area (Å²) in [4.78, 5) is 19.5. The van der Waals surface area contributed by atoms with Crippen LogP contribution >= 0.6 is 0 Å². The van der Waals surface area contributed by atoms with Crippen LogP contribution in [0.1, 0.15) is 43.0 Å². The van der Waals surface area contributed by atoms with Crippen molar-refractivity contribution in [2.24, 2.45) is 5.92 Å². The second-order valence-electron chi connectivity index (χ2n) is 8.13. The number of pyridine rings is 1. The van der Waals surface area contributed by atoms with Crippen molar-refractivity contribution in [1.29, 1.82) is 0 Å². The molecule has 5 nitrogen and oxygen atoms in total. The molecule has 160 valence electrons. The Morgan fingerprint density at radius 3 is 2.83 bits per heavy atom. The van der Waals surface area contributed by atoms with Crippen molar-refractivity contribution >= 4 is 5.91 Å². The first kappa shape index (κ1) is 20.9. The summed E-state index contributed by atoms with van der Waals surface area (Å²) in [5.74, 6) is -1.57. The molecule has 7 heteroatoms. The average molecular weight is 415 g/mol. The second kappa shape index (κ2) is 9.62. The molecule has 0 saturated carbocycles. The lowest BCUT2D eigenvalue weighted by Gasteiger charge is -2.37. The third kappa shape index (κ3) is 5.02. The smallest absolute Gasteiger partial charge is 0.249 e. The topological polar surface area (TPSA) is 54.5 Å². The molecule has 0 spiro atoms. The Morgan fingerprint density at radius 2 is 2.10 bits per heavy atom. The van der Waals surface area contributed by atoms with Gasteiger partial charge in [0, 0.05) is 25.9 Å². The lowest BCUT2D eigenvalue weighted by Crippen LogP contribution is -2.45. The number of hydrogen-bond acceptors (Lipinski definition) is 4. The highest BCUT2D eigenvalue weighted by Gasteiger charge is 2.33. The van der Waals surface area contributed by atoms with Gasteiger partial charge in [0.1, 0.15) is 6.10 Å². The van der Waals surface area contributed by atoms with Gasteiger partial charge in [0.25, 0.3) is 0 Å². The molecule has 0 radical (unpaired) electrons. The van der Waals surface area contributed by atoms with Crippen LogP contribution in [0.4, 0.5) is 8.78 Å². The fraction of sp³-hybridized carbons (Fsp3) is 0.478. The molecule has 0 aliphatic carbocycles. The SMILES string of the molecule is O=C(N[C@H](c1ccccn1)[C@@H]1CCCN(Cc2ccc(F)c(F)c2)C1)[C@@H]1CCCO1. The molecule has 2 aliphatic rings. The highest BCUT2D eigenvalue weighted by Crippen LogP contribution is 2.30.